The topological polar surface area (TPSA) is 96.0 Å². The van der Waals surface area contributed by atoms with Crippen molar-refractivity contribution in [1.29, 1.82) is 5.26 Å². The number of carbonyl (C=O) groups is 1. The van der Waals surface area contributed by atoms with Gasteiger partial charge in [0.25, 0.3) is 11.6 Å². The van der Waals surface area contributed by atoms with Gasteiger partial charge >= 0.3 is 0 Å². The quantitative estimate of drug-likeness (QED) is 0.365. The van der Waals surface area contributed by atoms with Crippen LogP contribution in [0.1, 0.15) is 30.5 Å². The van der Waals surface area contributed by atoms with Gasteiger partial charge in [0, 0.05) is 17.8 Å². The fourth-order valence-electron chi connectivity index (χ4n) is 2.59. The molecule has 1 N–H and O–H groups in total. The van der Waals surface area contributed by atoms with E-state index in [9.17, 15) is 20.2 Å². The first-order valence-corrected chi connectivity index (χ1v) is 8.28. The number of nitro benzene ring substituents is 1. The SMILES string of the molecule is CCc1cccc(CC)c1NC(=O)C(C#N)=Cc1ccc([N+](=O)[O-])cc1. The van der Waals surface area contributed by atoms with Gasteiger partial charge in [0.15, 0.2) is 0 Å². The molecule has 0 spiro atoms. The van der Waals surface area contributed by atoms with E-state index in [0.29, 0.717) is 5.56 Å². The number of nitro groups is 1. The fraction of sp³-hybridized carbons (Fsp3) is 0.200. The summed E-state index contributed by atoms with van der Waals surface area (Å²) < 4.78 is 0. The van der Waals surface area contributed by atoms with Crippen molar-refractivity contribution in [3.63, 3.8) is 0 Å². The van der Waals surface area contributed by atoms with Gasteiger partial charge in [-0.1, -0.05) is 32.0 Å². The van der Waals surface area contributed by atoms with Crippen molar-refractivity contribution in [2.24, 2.45) is 0 Å². The van der Waals surface area contributed by atoms with Crippen LogP contribution in [-0.4, -0.2) is 10.8 Å². The minimum Gasteiger partial charge on any atom is -0.321 e. The number of anilines is 1. The largest absolute Gasteiger partial charge is 0.321 e. The third-order valence-corrected chi connectivity index (χ3v) is 4.02. The van der Waals surface area contributed by atoms with Gasteiger partial charge in [0.1, 0.15) is 11.6 Å². The van der Waals surface area contributed by atoms with Crippen LogP contribution in [-0.2, 0) is 17.6 Å². The zero-order valence-electron chi connectivity index (χ0n) is 14.7. The van der Waals surface area contributed by atoms with Crippen LogP contribution in [0.2, 0.25) is 0 Å². The molecule has 132 valence electrons. The van der Waals surface area contributed by atoms with Crippen molar-refractivity contribution in [3.05, 3.63) is 74.8 Å². The Balaban J connectivity index is 2.30. The molecule has 2 aromatic rings. The zero-order valence-corrected chi connectivity index (χ0v) is 14.7. The molecule has 0 fully saturated rings. The number of hydrogen-bond donors (Lipinski definition) is 1. The van der Waals surface area contributed by atoms with E-state index in [1.165, 1.54) is 30.3 Å². The highest BCUT2D eigenvalue weighted by Crippen LogP contribution is 2.23. The van der Waals surface area contributed by atoms with Crippen LogP contribution in [0.5, 0.6) is 0 Å². The van der Waals surface area contributed by atoms with E-state index >= 15 is 0 Å². The Bertz CT molecular complexity index is 871. The molecule has 0 heterocycles. The predicted octanol–water partition coefficient (Wildman–Crippen LogP) is 4.27. The number of hydrogen-bond acceptors (Lipinski definition) is 4. The molecule has 1 amide bonds. The Morgan fingerprint density at radius 3 is 2.19 bits per heavy atom. The van der Waals surface area contributed by atoms with Gasteiger partial charge in [-0.05, 0) is 47.7 Å². The van der Waals surface area contributed by atoms with Gasteiger partial charge in [-0.15, -0.1) is 0 Å². The zero-order chi connectivity index (χ0) is 19.1. The van der Waals surface area contributed by atoms with Gasteiger partial charge in [-0.25, -0.2) is 0 Å². The highest BCUT2D eigenvalue weighted by Gasteiger charge is 2.14. The Labute approximate surface area is 151 Å². The highest BCUT2D eigenvalue weighted by molar-refractivity contribution is 6.10. The maximum Gasteiger partial charge on any atom is 0.269 e. The maximum atomic E-state index is 12.5. The summed E-state index contributed by atoms with van der Waals surface area (Å²) in [7, 11) is 0. The number of nitrogens with one attached hydrogen (secondary N) is 1. The molecule has 0 unspecified atom stereocenters. The first-order valence-electron chi connectivity index (χ1n) is 8.28. The van der Waals surface area contributed by atoms with Crippen molar-refractivity contribution < 1.29 is 9.72 Å². The number of aryl methyl sites for hydroxylation is 2. The Kier molecular flexibility index (Phi) is 6.23. The van der Waals surface area contributed by atoms with Crippen LogP contribution < -0.4 is 5.32 Å². The average Bonchev–Trinajstić information content (AvgIpc) is 2.66. The van der Waals surface area contributed by atoms with Crippen LogP contribution in [0.4, 0.5) is 11.4 Å². The minimum atomic E-state index is -0.501. The van der Waals surface area contributed by atoms with Gasteiger partial charge in [0.2, 0.25) is 0 Å². The summed E-state index contributed by atoms with van der Waals surface area (Å²) in [5, 5.41) is 22.9. The van der Waals surface area contributed by atoms with Crippen LogP contribution in [0.3, 0.4) is 0 Å². The van der Waals surface area contributed by atoms with E-state index in [4.69, 9.17) is 0 Å². The number of rotatable bonds is 6. The summed E-state index contributed by atoms with van der Waals surface area (Å²) in [6.45, 7) is 4.00. The molecule has 6 heteroatoms. The lowest BCUT2D eigenvalue weighted by molar-refractivity contribution is -0.384. The van der Waals surface area contributed by atoms with E-state index in [-0.39, 0.29) is 11.3 Å². The van der Waals surface area contributed by atoms with Crippen molar-refractivity contribution >= 4 is 23.4 Å². The molecule has 0 aliphatic heterocycles. The summed E-state index contributed by atoms with van der Waals surface area (Å²) in [6.07, 6.45) is 2.94. The van der Waals surface area contributed by atoms with Crippen molar-refractivity contribution in [2.75, 3.05) is 5.32 Å². The third-order valence-electron chi connectivity index (χ3n) is 4.02. The lowest BCUT2D eigenvalue weighted by Gasteiger charge is -2.14. The van der Waals surface area contributed by atoms with Crippen LogP contribution >= 0.6 is 0 Å². The van der Waals surface area contributed by atoms with Crippen molar-refractivity contribution in [1.82, 2.24) is 0 Å². The summed E-state index contributed by atoms with van der Waals surface area (Å²) in [4.78, 5) is 22.7. The normalized spacial score (nSPS) is 10.9. The number of para-hydroxylation sites is 1. The Morgan fingerprint density at radius 1 is 1.15 bits per heavy atom. The average molecular weight is 349 g/mol. The molecule has 0 aliphatic rings. The Hall–Kier alpha value is -3.46. The minimum absolute atomic E-state index is 0.0467. The second-order valence-electron chi connectivity index (χ2n) is 5.63. The number of nitrogens with zero attached hydrogens (tertiary/aromatic N) is 2. The van der Waals surface area contributed by atoms with Gasteiger partial charge in [-0.3, -0.25) is 14.9 Å². The van der Waals surface area contributed by atoms with Crippen LogP contribution in [0.15, 0.2) is 48.0 Å². The van der Waals surface area contributed by atoms with Crippen LogP contribution in [0, 0.1) is 21.4 Å². The van der Waals surface area contributed by atoms with Gasteiger partial charge in [0.05, 0.1) is 4.92 Å². The monoisotopic (exact) mass is 349 g/mol. The second kappa shape index (κ2) is 8.58. The molecule has 26 heavy (non-hydrogen) atoms. The third kappa shape index (κ3) is 4.33. The number of non-ortho nitro benzene ring substituents is 1. The molecule has 2 rings (SSSR count). The highest BCUT2D eigenvalue weighted by atomic mass is 16.6. The summed E-state index contributed by atoms with van der Waals surface area (Å²) in [5.41, 5.74) is 3.19. The van der Waals surface area contributed by atoms with Crippen LogP contribution in [0.25, 0.3) is 6.08 Å². The van der Waals surface area contributed by atoms with E-state index < -0.39 is 10.8 Å². The lowest BCUT2D eigenvalue weighted by Crippen LogP contribution is -2.16. The number of amides is 1. The molecule has 0 aromatic heterocycles. The first kappa shape index (κ1) is 18.9. The lowest BCUT2D eigenvalue weighted by atomic mass is 10.0. The first-order chi connectivity index (χ1) is 12.5. The molecular formula is C20H19N3O3. The van der Waals surface area contributed by atoms with Crippen molar-refractivity contribution in [2.45, 2.75) is 26.7 Å². The molecular weight excluding hydrogens is 330 g/mol. The van der Waals surface area contributed by atoms with Crippen molar-refractivity contribution in [3.8, 4) is 6.07 Å². The standard InChI is InChI=1S/C20H19N3O3/c1-3-15-6-5-7-16(4-2)19(15)22-20(24)17(13-21)12-14-8-10-18(11-9-14)23(25)26/h5-12H,3-4H2,1-2H3,(H,22,24). The summed E-state index contributed by atoms with van der Waals surface area (Å²) in [6, 6.07) is 13.4. The smallest absolute Gasteiger partial charge is 0.269 e. The molecule has 0 bridgehead atoms. The molecule has 0 radical (unpaired) electrons. The second-order valence-corrected chi connectivity index (χ2v) is 5.63. The maximum absolute atomic E-state index is 12.5. The van der Waals surface area contributed by atoms with E-state index in [0.717, 1.165) is 29.7 Å². The fourth-order valence-corrected chi connectivity index (χ4v) is 2.59. The molecule has 0 atom stereocenters. The van der Waals surface area contributed by atoms with E-state index in [1.807, 2.05) is 38.1 Å². The number of carbonyl (C=O) groups excluding carboxylic acids is 1. The van der Waals surface area contributed by atoms with Gasteiger partial charge in [-0.2, -0.15) is 5.26 Å². The predicted molar refractivity (Wildman–Crippen MR) is 101 cm³/mol. The summed E-state index contributed by atoms with van der Waals surface area (Å²) in [5.74, 6) is -0.499. The molecule has 2 aromatic carbocycles. The molecule has 0 saturated heterocycles. The molecule has 6 nitrogen and oxygen atoms in total. The number of benzene rings is 2. The molecule has 0 saturated carbocycles. The number of nitriles is 1. The Morgan fingerprint density at radius 2 is 1.73 bits per heavy atom. The van der Waals surface area contributed by atoms with E-state index in [2.05, 4.69) is 5.32 Å². The van der Waals surface area contributed by atoms with E-state index in [1.54, 1.807) is 0 Å². The summed E-state index contributed by atoms with van der Waals surface area (Å²) >= 11 is 0. The van der Waals surface area contributed by atoms with Gasteiger partial charge < -0.3 is 5.32 Å². The molecule has 0 aliphatic carbocycles.